The number of hydrogen-bond acceptors (Lipinski definition) is 3. The second-order valence-electron chi connectivity index (χ2n) is 4.66. The second kappa shape index (κ2) is 8.75. The average molecular weight is 372 g/mol. The molecule has 1 heterocycles. The smallest absolute Gasteiger partial charge is 0.372 e. The molecule has 4 nitrogen and oxygen atoms in total. The lowest BCUT2D eigenvalue weighted by Crippen LogP contribution is -2.27. The average Bonchev–Trinajstić information content (AvgIpc) is 2.78. The standard InChI is InChI=1S/C13H21BrF3N3O/c1-3-6-18-11(5-7-21-9-13(15,16)17)12-10(14)8-19-20(12)4-2/h8,11,18H,3-7,9H2,1-2H3. The highest BCUT2D eigenvalue weighted by Crippen LogP contribution is 2.26. The summed E-state index contributed by atoms with van der Waals surface area (Å²) in [5, 5.41) is 7.57. The van der Waals surface area contributed by atoms with Gasteiger partial charge >= 0.3 is 6.18 Å². The summed E-state index contributed by atoms with van der Waals surface area (Å²) < 4.78 is 43.6. The molecule has 1 aromatic rings. The van der Waals surface area contributed by atoms with E-state index < -0.39 is 12.8 Å². The number of aromatic nitrogens is 2. The lowest BCUT2D eigenvalue weighted by molar-refractivity contribution is -0.174. The van der Waals surface area contributed by atoms with Crippen molar-refractivity contribution in [3.05, 3.63) is 16.4 Å². The largest absolute Gasteiger partial charge is 0.411 e. The van der Waals surface area contributed by atoms with Crippen LogP contribution in [-0.4, -0.2) is 35.7 Å². The zero-order chi connectivity index (χ0) is 15.9. The number of rotatable bonds is 9. The molecule has 1 atom stereocenters. The number of halogens is 4. The molecule has 21 heavy (non-hydrogen) atoms. The van der Waals surface area contributed by atoms with Gasteiger partial charge in [-0.25, -0.2) is 0 Å². The van der Waals surface area contributed by atoms with Crippen molar-refractivity contribution >= 4 is 15.9 Å². The van der Waals surface area contributed by atoms with Crippen molar-refractivity contribution in [3.63, 3.8) is 0 Å². The van der Waals surface area contributed by atoms with Gasteiger partial charge in [-0.2, -0.15) is 18.3 Å². The molecule has 1 rings (SSSR count). The van der Waals surface area contributed by atoms with Crippen molar-refractivity contribution in [2.24, 2.45) is 0 Å². The maximum atomic E-state index is 12.1. The normalized spacial score (nSPS) is 13.6. The zero-order valence-corrected chi connectivity index (χ0v) is 13.8. The Balaban J connectivity index is 2.65. The first-order valence-electron chi connectivity index (χ1n) is 6.98. The minimum atomic E-state index is -4.28. The molecule has 122 valence electrons. The third-order valence-electron chi connectivity index (χ3n) is 2.92. The molecule has 0 bridgehead atoms. The maximum absolute atomic E-state index is 12.1. The van der Waals surface area contributed by atoms with E-state index in [2.05, 4.69) is 26.3 Å². The fourth-order valence-electron chi connectivity index (χ4n) is 2.01. The lowest BCUT2D eigenvalue weighted by Gasteiger charge is -2.20. The number of ether oxygens (including phenoxy) is 1. The van der Waals surface area contributed by atoms with E-state index in [1.807, 2.05) is 18.5 Å². The van der Waals surface area contributed by atoms with Gasteiger partial charge in [-0.15, -0.1) is 0 Å². The Morgan fingerprint density at radius 2 is 2.14 bits per heavy atom. The van der Waals surface area contributed by atoms with Crippen LogP contribution in [0.2, 0.25) is 0 Å². The Hall–Kier alpha value is -0.600. The van der Waals surface area contributed by atoms with Crippen LogP contribution in [0.5, 0.6) is 0 Å². The van der Waals surface area contributed by atoms with Gasteiger partial charge in [0.05, 0.1) is 22.4 Å². The lowest BCUT2D eigenvalue weighted by atomic mass is 10.1. The minimum absolute atomic E-state index is 0.0439. The molecule has 1 unspecified atom stereocenters. The van der Waals surface area contributed by atoms with Crippen molar-refractivity contribution in [2.75, 3.05) is 19.8 Å². The predicted molar refractivity (Wildman–Crippen MR) is 78.1 cm³/mol. The molecule has 0 saturated heterocycles. The molecule has 0 aliphatic heterocycles. The van der Waals surface area contributed by atoms with Gasteiger partial charge in [0.1, 0.15) is 6.61 Å². The van der Waals surface area contributed by atoms with Gasteiger partial charge in [-0.1, -0.05) is 6.92 Å². The first-order chi connectivity index (χ1) is 9.89. The summed E-state index contributed by atoms with van der Waals surface area (Å²) in [7, 11) is 0. The van der Waals surface area contributed by atoms with Crippen LogP contribution in [0, 0.1) is 0 Å². The van der Waals surface area contributed by atoms with Crippen molar-refractivity contribution in [3.8, 4) is 0 Å². The van der Waals surface area contributed by atoms with Gasteiger partial charge in [0.2, 0.25) is 0 Å². The molecule has 0 saturated carbocycles. The zero-order valence-electron chi connectivity index (χ0n) is 12.2. The third-order valence-corrected chi connectivity index (χ3v) is 3.53. The van der Waals surface area contributed by atoms with Crippen LogP contribution in [0.1, 0.15) is 38.4 Å². The summed E-state index contributed by atoms with van der Waals surface area (Å²) >= 11 is 3.45. The summed E-state index contributed by atoms with van der Waals surface area (Å²) in [6.07, 6.45) is -1.17. The van der Waals surface area contributed by atoms with E-state index in [0.717, 1.165) is 23.1 Å². The summed E-state index contributed by atoms with van der Waals surface area (Å²) in [6, 6.07) is -0.0880. The molecule has 0 spiro atoms. The summed E-state index contributed by atoms with van der Waals surface area (Å²) in [5.74, 6) is 0. The Bertz CT molecular complexity index is 423. The SMILES string of the molecule is CCCNC(CCOCC(F)(F)F)c1c(Br)cnn1CC. The molecule has 1 aromatic heterocycles. The number of hydrogen-bond donors (Lipinski definition) is 1. The minimum Gasteiger partial charge on any atom is -0.372 e. The summed E-state index contributed by atoms with van der Waals surface area (Å²) in [6.45, 7) is 4.33. The highest BCUT2D eigenvalue weighted by Gasteiger charge is 2.27. The molecule has 0 aromatic carbocycles. The van der Waals surface area contributed by atoms with E-state index >= 15 is 0 Å². The Kier molecular flexibility index (Phi) is 7.69. The highest BCUT2D eigenvalue weighted by molar-refractivity contribution is 9.10. The predicted octanol–water partition coefficient (Wildman–Crippen LogP) is 3.68. The molecule has 0 aliphatic rings. The van der Waals surface area contributed by atoms with Crippen molar-refractivity contribution in [1.29, 1.82) is 0 Å². The number of nitrogens with zero attached hydrogens (tertiary/aromatic N) is 2. The van der Waals surface area contributed by atoms with Gasteiger partial charge in [0.25, 0.3) is 0 Å². The molecule has 8 heteroatoms. The first kappa shape index (κ1) is 18.4. The van der Waals surface area contributed by atoms with Gasteiger partial charge in [-0.3, -0.25) is 4.68 Å². The third kappa shape index (κ3) is 6.36. The second-order valence-corrected chi connectivity index (χ2v) is 5.51. The van der Waals surface area contributed by atoms with E-state index in [1.165, 1.54) is 0 Å². The Morgan fingerprint density at radius 1 is 1.43 bits per heavy atom. The van der Waals surface area contributed by atoms with Crippen LogP contribution < -0.4 is 5.32 Å². The number of aryl methyl sites for hydroxylation is 1. The van der Waals surface area contributed by atoms with Crippen LogP contribution in [0.3, 0.4) is 0 Å². The fourth-order valence-corrected chi connectivity index (χ4v) is 2.59. The summed E-state index contributed by atoms with van der Waals surface area (Å²) in [5.41, 5.74) is 0.946. The van der Waals surface area contributed by atoms with E-state index in [0.29, 0.717) is 13.0 Å². The van der Waals surface area contributed by atoms with Gasteiger partial charge in [0, 0.05) is 13.2 Å². The van der Waals surface area contributed by atoms with Crippen LogP contribution in [0.15, 0.2) is 10.7 Å². The topological polar surface area (TPSA) is 39.1 Å². The highest BCUT2D eigenvalue weighted by atomic mass is 79.9. The van der Waals surface area contributed by atoms with E-state index in [-0.39, 0.29) is 12.6 Å². The van der Waals surface area contributed by atoms with E-state index in [1.54, 1.807) is 6.20 Å². The van der Waals surface area contributed by atoms with Crippen LogP contribution in [-0.2, 0) is 11.3 Å². The first-order valence-corrected chi connectivity index (χ1v) is 7.77. The summed E-state index contributed by atoms with van der Waals surface area (Å²) in [4.78, 5) is 0. The van der Waals surface area contributed by atoms with Crippen molar-refractivity contribution < 1.29 is 17.9 Å². The number of nitrogens with one attached hydrogen (secondary N) is 1. The van der Waals surface area contributed by atoms with Crippen LogP contribution >= 0.6 is 15.9 Å². The van der Waals surface area contributed by atoms with E-state index in [9.17, 15) is 13.2 Å². The molecule has 0 radical (unpaired) electrons. The van der Waals surface area contributed by atoms with Crippen LogP contribution in [0.4, 0.5) is 13.2 Å². The molecule has 1 N–H and O–H groups in total. The quantitative estimate of drug-likeness (QED) is 0.673. The van der Waals surface area contributed by atoms with Crippen molar-refractivity contribution in [2.45, 2.75) is 45.5 Å². The molecule has 0 aliphatic carbocycles. The molecular weight excluding hydrogens is 351 g/mol. The number of alkyl halides is 3. The fraction of sp³-hybridized carbons (Fsp3) is 0.769. The molecule has 0 fully saturated rings. The monoisotopic (exact) mass is 371 g/mol. The van der Waals surface area contributed by atoms with Gasteiger partial charge in [-0.05, 0) is 42.2 Å². The maximum Gasteiger partial charge on any atom is 0.411 e. The van der Waals surface area contributed by atoms with Gasteiger partial charge < -0.3 is 10.1 Å². The van der Waals surface area contributed by atoms with Crippen LogP contribution in [0.25, 0.3) is 0 Å². The van der Waals surface area contributed by atoms with Crippen molar-refractivity contribution in [1.82, 2.24) is 15.1 Å². The van der Waals surface area contributed by atoms with Gasteiger partial charge in [0.15, 0.2) is 0 Å². The molecular formula is C13H21BrF3N3O. The molecule has 0 amide bonds. The van der Waals surface area contributed by atoms with E-state index in [4.69, 9.17) is 4.74 Å². The Labute approximate surface area is 131 Å². The Morgan fingerprint density at radius 3 is 2.71 bits per heavy atom.